The molecule has 0 unspecified atom stereocenters. The Morgan fingerprint density at radius 3 is 2.36 bits per heavy atom. The van der Waals surface area contributed by atoms with Crippen molar-refractivity contribution in [1.82, 2.24) is 4.90 Å². The van der Waals surface area contributed by atoms with E-state index in [-0.39, 0.29) is 0 Å². The SMILES string of the molecule is CN1CCC[C@@]12CC[C@H](C(C)(C)C)C2. The maximum atomic E-state index is 2.64. The number of hydrogen-bond donors (Lipinski definition) is 0. The van der Waals surface area contributed by atoms with E-state index >= 15 is 0 Å². The van der Waals surface area contributed by atoms with E-state index in [1.54, 1.807) is 0 Å². The summed E-state index contributed by atoms with van der Waals surface area (Å²) in [4.78, 5) is 2.64. The first kappa shape index (κ1) is 10.5. The second-order valence-corrected chi connectivity index (χ2v) is 6.56. The molecule has 2 fully saturated rings. The van der Waals surface area contributed by atoms with Gasteiger partial charge >= 0.3 is 0 Å². The van der Waals surface area contributed by atoms with Gasteiger partial charge in [-0.3, -0.25) is 0 Å². The van der Waals surface area contributed by atoms with Gasteiger partial charge in [-0.2, -0.15) is 0 Å². The van der Waals surface area contributed by atoms with Gasteiger partial charge in [0.05, 0.1) is 0 Å². The van der Waals surface area contributed by atoms with Gasteiger partial charge in [0.25, 0.3) is 0 Å². The maximum Gasteiger partial charge on any atom is 0.0210 e. The highest BCUT2D eigenvalue weighted by Crippen LogP contribution is 2.50. The third-order valence-electron chi connectivity index (χ3n) is 4.75. The second kappa shape index (κ2) is 3.23. The minimum absolute atomic E-state index is 0.521. The molecular formula is C13H25N. The molecule has 0 aromatic carbocycles. The van der Waals surface area contributed by atoms with Crippen LogP contribution < -0.4 is 0 Å². The lowest BCUT2D eigenvalue weighted by Gasteiger charge is -2.34. The van der Waals surface area contributed by atoms with Crippen molar-refractivity contribution in [1.29, 1.82) is 0 Å². The topological polar surface area (TPSA) is 3.24 Å². The van der Waals surface area contributed by atoms with Crippen molar-refractivity contribution in [2.75, 3.05) is 13.6 Å². The molecule has 1 saturated heterocycles. The smallest absolute Gasteiger partial charge is 0.0210 e. The molecule has 2 atom stereocenters. The zero-order valence-corrected chi connectivity index (χ0v) is 10.3. The molecule has 2 rings (SSSR count). The van der Waals surface area contributed by atoms with Gasteiger partial charge in [-0.25, -0.2) is 0 Å². The van der Waals surface area contributed by atoms with Gasteiger partial charge in [0.2, 0.25) is 0 Å². The van der Waals surface area contributed by atoms with Crippen LogP contribution in [0.25, 0.3) is 0 Å². The summed E-state index contributed by atoms with van der Waals surface area (Å²) in [7, 11) is 2.33. The van der Waals surface area contributed by atoms with Crippen LogP contribution in [0.1, 0.15) is 52.9 Å². The average molecular weight is 195 g/mol. The lowest BCUT2D eigenvalue weighted by Crippen LogP contribution is -2.39. The molecule has 1 saturated carbocycles. The summed E-state index contributed by atoms with van der Waals surface area (Å²) in [6, 6.07) is 0. The van der Waals surface area contributed by atoms with Gasteiger partial charge < -0.3 is 4.90 Å². The fourth-order valence-electron chi connectivity index (χ4n) is 3.49. The van der Waals surface area contributed by atoms with Crippen molar-refractivity contribution in [3.8, 4) is 0 Å². The Hall–Kier alpha value is -0.0400. The maximum absolute atomic E-state index is 2.64. The fraction of sp³-hybridized carbons (Fsp3) is 1.00. The second-order valence-electron chi connectivity index (χ2n) is 6.56. The average Bonchev–Trinajstić information content (AvgIpc) is 2.61. The van der Waals surface area contributed by atoms with Crippen molar-refractivity contribution in [3.63, 3.8) is 0 Å². The zero-order valence-electron chi connectivity index (χ0n) is 10.3. The first-order chi connectivity index (χ1) is 6.44. The monoisotopic (exact) mass is 195 g/mol. The Bertz CT molecular complexity index is 216. The van der Waals surface area contributed by atoms with E-state index in [1.807, 2.05) is 0 Å². The van der Waals surface area contributed by atoms with Crippen molar-refractivity contribution < 1.29 is 0 Å². The van der Waals surface area contributed by atoms with Crippen LogP contribution in [0, 0.1) is 11.3 Å². The van der Waals surface area contributed by atoms with Gasteiger partial charge in [-0.05, 0) is 57.0 Å². The molecule has 0 aromatic rings. The molecule has 1 aliphatic carbocycles. The van der Waals surface area contributed by atoms with Crippen LogP contribution >= 0.6 is 0 Å². The normalized spacial score (nSPS) is 39.9. The Morgan fingerprint density at radius 2 is 1.93 bits per heavy atom. The van der Waals surface area contributed by atoms with Crippen molar-refractivity contribution in [3.05, 3.63) is 0 Å². The van der Waals surface area contributed by atoms with Crippen LogP contribution in [0.2, 0.25) is 0 Å². The third kappa shape index (κ3) is 1.60. The van der Waals surface area contributed by atoms with Crippen LogP contribution in [0.3, 0.4) is 0 Å². The predicted molar refractivity (Wildman–Crippen MR) is 61.4 cm³/mol. The molecule has 1 aliphatic heterocycles. The molecule has 1 spiro atoms. The number of rotatable bonds is 0. The first-order valence-electron chi connectivity index (χ1n) is 6.15. The third-order valence-corrected chi connectivity index (χ3v) is 4.75. The highest BCUT2D eigenvalue weighted by molar-refractivity contribution is 5.02. The predicted octanol–water partition coefficient (Wildman–Crippen LogP) is 3.30. The van der Waals surface area contributed by atoms with Crippen LogP contribution in [0.5, 0.6) is 0 Å². The minimum atomic E-state index is 0.521. The van der Waals surface area contributed by atoms with Crippen LogP contribution in [-0.4, -0.2) is 24.0 Å². The van der Waals surface area contributed by atoms with Crippen molar-refractivity contribution >= 4 is 0 Å². The van der Waals surface area contributed by atoms with E-state index in [0.717, 1.165) is 5.92 Å². The van der Waals surface area contributed by atoms with Crippen LogP contribution in [-0.2, 0) is 0 Å². The molecule has 0 aromatic heterocycles. The standard InChI is InChI=1S/C13H25N/c1-12(2,3)11-6-8-13(10-11)7-5-9-14(13)4/h11H,5-10H2,1-4H3/t11-,13-/m0/s1. The molecular weight excluding hydrogens is 170 g/mol. The molecule has 14 heavy (non-hydrogen) atoms. The highest BCUT2D eigenvalue weighted by atomic mass is 15.2. The van der Waals surface area contributed by atoms with Gasteiger partial charge in [-0.15, -0.1) is 0 Å². The summed E-state index contributed by atoms with van der Waals surface area (Å²) in [6.07, 6.45) is 7.23. The summed E-state index contributed by atoms with van der Waals surface area (Å²) in [5.74, 6) is 0.947. The Morgan fingerprint density at radius 1 is 1.21 bits per heavy atom. The van der Waals surface area contributed by atoms with E-state index < -0.39 is 0 Å². The Balaban J connectivity index is 2.07. The molecule has 0 amide bonds. The van der Waals surface area contributed by atoms with E-state index in [1.165, 1.54) is 38.6 Å². The summed E-state index contributed by atoms with van der Waals surface area (Å²) >= 11 is 0. The summed E-state index contributed by atoms with van der Waals surface area (Å²) < 4.78 is 0. The van der Waals surface area contributed by atoms with E-state index in [0.29, 0.717) is 11.0 Å². The van der Waals surface area contributed by atoms with E-state index in [9.17, 15) is 0 Å². The van der Waals surface area contributed by atoms with Gasteiger partial charge in [-0.1, -0.05) is 20.8 Å². The van der Waals surface area contributed by atoms with Crippen molar-refractivity contribution in [2.24, 2.45) is 11.3 Å². The summed E-state index contributed by atoms with van der Waals surface area (Å²) in [6.45, 7) is 8.56. The van der Waals surface area contributed by atoms with Gasteiger partial charge in [0.1, 0.15) is 0 Å². The molecule has 1 nitrogen and oxygen atoms in total. The van der Waals surface area contributed by atoms with Crippen molar-refractivity contribution in [2.45, 2.75) is 58.4 Å². The van der Waals surface area contributed by atoms with E-state index in [4.69, 9.17) is 0 Å². The molecule has 2 aliphatic rings. The van der Waals surface area contributed by atoms with Gasteiger partial charge in [0.15, 0.2) is 0 Å². The number of nitrogens with zero attached hydrogens (tertiary/aromatic N) is 1. The number of likely N-dealkylation sites (tertiary alicyclic amines) is 1. The molecule has 0 radical (unpaired) electrons. The zero-order chi connectivity index (χ0) is 10.4. The minimum Gasteiger partial charge on any atom is -0.301 e. The molecule has 1 heterocycles. The lowest BCUT2D eigenvalue weighted by molar-refractivity contribution is 0.153. The summed E-state index contributed by atoms with van der Waals surface area (Å²) in [5.41, 5.74) is 1.13. The molecule has 1 heteroatoms. The molecule has 82 valence electrons. The Labute approximate surface area is 88.9 Å². The largest absolute Gasteiger partial charge is 0.301 e. The summed E-state index contributed by atoms with van der Waals surface area (Å²) in [5, 5.41) is 0. The quantitative estimate of drug-likeness (QED) is 0.573. The van der Waals surface area contributed by atoms with Crippen LogP contribution in [0.15, 0.2) is 0 Å². The molecule has 0 bridgehead atoms. The van der Waals surface area contributed by atoms with Crippen LogP contribution in [0.4, 0.5) is 0 Å². The highest BCUT2D eigenvalue weighted by Gasteiger charge is 2.47. The lowest BCUT2D eigenvalue weighted by atomic mass is 9.78. The first-order valence-corrected chi connectivity index (χ1v) is 6.15. The van der Waals surface area contributed by atoms with E-state index in [2.05, 4.69) is 32.7 Å². The molecule has 0 N–H and O–H groups in total. The Kier molecular flexibility index (Phi) is 2.42. The number of hydrogen-bond acceptors (Lipinski definition) is 1. The van der Waals surface area contributed by atoms with Gasteiger partial charge in [0, 0.05) is 5.54 Å². The fourth-order valence-corrected chi connectivity index (χ4v) is 3.49.